The van der Waals surface area contributed by atoms with Gasteiger partial charge in [-0.3, -0.25) is 0 Å². The second-order valence-corrected chi connectivity index (χ2v) is 5.04. The summed E-state index contributed by atoms with van der Waals surface area (Å²) in [5.41, 5.74) is 8.58. The molecule has 18 heavy (non-hydrogen) atoms. The van der Waals surface area contributed by atoms with Crippen molar-refractivity contribution < 1.29 is 9.94 Å². The summed E-state index contributed by atoms with van der Waals surface area (Å²) in [7, 11) is 0. The molecule has 2 aliphatic rings. The van der Waals surface area contributed by atoms with Crippen molar-refractivity contribution in [2.75, 3.05) is 6.61 Å². The Hall–Kier alpha value is -1.78. The summed E-state index contributed by atoms with van der Waals surface area (Å²) in [5.74, 6) is 1.24. The Labute approximate surface area is 106 Å². The molecule has 5 heteroatoms. The van der Waals surface area contributed by atoms with Gasteiger partial charge in [-0.25, -0.2) is 4.98 Å². The van der Waals surface area contributed by atoms with Crippen LogP contribution in [0, 0.1) is 5.92 Å². The number of nitrogens with two attached hydrogens (primary N) is 1. The van der Waals surface area contributed by atoms with Gasteiger partial charge in [0.2, 0.25) is 5.88 Å². The van der Waals surface area contributed by atoms with Crippen molar-refractivity contribution in [1.29, 1.82) is 0 Å². The van der Waals surface area contributed by atoms with Crippen molar-refractivity contribution in [2.24, 2.45) is 16.8 Å². The lowest BCUT2D eigenvalue weighted by molar-refractivity contribution is 0.286. The molecule has 0 saturated heterocycles. The molecule has 0 unspecified atom stereocenters. The molecule has 3 N–H and O–H groups in total. The van der Waals surface area contributed by atoms with E-state index in [-0.39, 0.29) is 5.84 Å². The van der Waals surface area contributed by atoms with E-state index in [4.69, 9.17) is 15.7 Å². The Balaban J connectivity index is 1.92. The molecule has 3 rings (SSSR count). The summed E-state index contributed by atoms with van der Waals surface area (Å²) < 4.78 is 5.73. The predicted octanol–water partition coefficient (Wildman–Crippen LogP) is 1.45. The molecule has 96 valence electrons. The number of amidine groups is 1. The zero-order valence-electron chi connectivity index (χ0n) is 10.2. The molecule has 1 saturated carbocycles. The smallest absolute Gasteiger partial charge is 0.224 e. The van der Waals surface area contributed by atoms with Crippen molar-refractivity contribution in [1.82, 2.24) is 4.98 Å². The van der Waals surface area contributed by atoms with Crippen molar-refractivity contribution in [3.63, 3.8) is 0 Å². The van der Waals surface area contributed by atoms with Gasteiger partial charge in [0, 0.05) is 5.69 Å². The topological polar surface area (TPSA) is 80.7 Å². The molecule has 0 spiro atoms. The third kappa shape index (κ3) is 2.12. The molecule has 1 heterocycles. The Kier molecular flexibility index (Phi) is 2.81. The van der Waals surface area contributed by atoms with Crippen LogP contribution in [0.15, 0.2) is 11.2 Å². The van der Waals surface area contributed by atoms with E-state index >= 15 is 0 Å². The maximum atomic E-state index is 8.83. The fourth-order valence-electron chi connectivity index (χ4n) is 2.28. The Morgan fingerprint density at radius 2 is 2.33 bits per heavy atom. The fourth-order valence-corrected chi connectivity index (χ4v) is 2.28. The zero-order chi connectivity index (χ0) is 12.5. The van der Waals surface area contributed by atoms with Gasteiger partial charge in [0.25, 0.3) is 0 Å². The number of aromatic nitrogens is 1. The summed E-state index contributed by atoms with van der Waals surface area (Å²) >= 11 is 0. The molecule has 2 aliphatic carbocycles. The van der Waals surface area contributed by atoms with Gasteiger partial charge in [-0.1, -0.05) is 5.16 Å². The highest BCUT2D eigenvalue weighted by molar-refractivity contribution is 5.99. The second kappa shape index (κ2) is 4.48. The number of fused-ring (bicyclic) bond motifs is 1. The molecular weight excluding hydrogens is 230 g/mol. The first-order valence-electron chi connectivity index (χ1n) is 6.41. The van der Waals surface area contributed by atoms with E-state index in [0.29, 0.717) is 24.0 Å². The van der Waals surface area contributed by atoms with Gasteiger partial charge in [0.1, 0.15) is 0 Å². The van der Waals surface area contributed by atoms with E-state index in [1.54, 1.807) is 0 Å². The van der Waals surface area contributed by atoms with Crippen LogP contribution in [0.3, 0.4) is 0 Å². The fraction of sp³-hybridized carbons (Fsp3) is 0.538. The van der Waals surface area contributed by atoms with E-state index in [0.717, 1.165) is 25.0 Å². The van der Waals surface area contributed by atoms with E-state index < -0.39 is 0 Å². The van der Waals surface area contributed by atoms with Gasteiger partial charge in [-0.2, -0.15) is 0 Å². The summed E-state index contributed by atoms with van der Waals surface area (Å²) in [4.78, 5) is 4.53. The first-order chi connectivity index (χ1) is 8.78. The van der Waals surface area contributed by atoms with E-state index in [2.05, 4.69) is 10.1 Å². The lowest BCUT2D eigenvalue weighted by atomic mass is 10.1. The molecule has 1 aromatic heterocycles. The van der Waals surface area contributed by atoms with Gasteiger partial charge in [0.15, 0.2) is 5.84 Å². The summed E-state index contributed by atoms with van der Waals surface area (Å²) in [6.45, 7) is 0.678. The third-order valence-corrected chi connectivity index (χ3v) is 3.55. The van der Waals surface area contributed by atoms with Gasteiger partial charge in [-0.15, -0.1) is 0 Å². The Bertz CT molecular complexity index is 495. The number of rotatable bonds is 4. The average molecular weight is 247 g/mol. The Morgan fingerprint density at radius 3 is 3.06 bits per heavy atom. The predicted molar refractivity (Wildman–Crippen MR) is 67.0 cm³/mol. The molecule has 0 radical (unpaired) electrons. The summed E-state index contributed by atoms with van der Waals surface area (Å²) in [6, 6.07) is 1.95. The number of hydrogen-bond donors (Lipinski definition) is 2. The van der Waals surface area contributed by atoms with Crippen LogP contribution >= 0.6 is 0 Å². The molecule has 5 nitrogen and oxygen atoms in total. The van der Waals surface area contributed by atoms with Crippen LogP contribution in [0.4, 0.5) is 0 Å². The van der Waals surface area contributed by atoms with Gasteiger partial charge < -0.3 is 15.7 Å². The first kappa shape index (κ1) is 11.3. The minimum atomic E-state index is 0.0722. The first-order valence-corrected chi connectivity index (χ1v) is 6.41. The van der Waals surface area contributed by atoms with Crippen LogP contribution in [-0.2, 0) is 12.8 Å². The largest absolute Gasteiger partial charge is 0.477 e. The maximum absolute atomic E-state index is 8.83. The number of hydrogen-bond acceptors (Lipinski definition) is 4. The average Bonchev–Trinajstić information content (AvgIpc) is 3.11. The Morgan fingerprint density at radius 1 is 1.50 bits per heavy atom. The van der Waals surface area contributed by atoms with E-state index in [1.807, 2.05) is 6.07 Å². The standard InChI is InChI=1S/C13H17N3O2/c14-12(16-17)10-6-9-2-1-3-11(9)15-13(10)18-7-8-4-5-8/h6,8,17H,1-5,7H2,(H2,14,16). The van der Waals surface area contributed by atoms with Crippen LogP contribution in [0.1, 0.15) is 36.1 Å². The number of nitrogens with zero attached hydrogens (tertiary/aromatic N) is 2. The SMILES string of the molecule is NC(=NO)c1cc2c(nc1OCC1CC1)CCC2. The van der Waals surface area contributed by atoms with Crippen LogP contribution in [-0.4, -0.2) is 22.6 Å². The molecule has 0 aromatic carbocycles. The van der Waals surface area contributed by atoms with Crippen molar-refractivity contribution >= 4 is 5.84 Å². The number of aryl methyl sites for hydroxylation is 2. The maximum Gasteiger partial charge on any atom is 0.224 e. The van der Waals surface area contributed by atoms with Crippen molar-refractivity contribution in [3.05, 3.63) is 22.9 Å². The van der Waals surface area contributed by atoms with Gasteiger partial charge in [-0.05, 0) is 49.7 Å². The van der Waals surface area contributed by atoms with Gasteiger partial charge >= 0.3 is 0 Å². The van der Waals surface area contributed by atoms with Gasteiger partial charge in [0.05, 0.1) is 12.2 Å². The number of ether oxygens (including phenoxy) is 1. The molecule has 0 amide bonds. The highest BCUT2D eigenvalue weighted by Gasteiger charge is 2.24. The van der Waals surface area contributed by atoms with Crippen LogP contribution in [0.2, 0.25) is 0 Å². The molecule has 1 aromatic rings. The quantitative estimate of drug-likeness (QED) is 0.365. The lowest BCUT2D eigenvalue weighted by Gasteiger charge is -2.11. The number of pyridine rings is 1. The molecule has 0 atom stereocenters. The second-order valence-electron chi connectivity index (χ2n) is 5.04. The molecule has 0 aliphatic heterocycles. The van der Waals surface area contributed by atoms with Crippen molar-refractivity contribution in [3.8, 4) is 5.88 Å². The molecule has 1 fully saturated rings. The number of oxime groups is 1. The molecular formula is C13H17N3O2. The van der Waals surface area contributed by atoms with Crippen LogP contribution in [0.5, 0.6) is 5.88 Å². The summed E-state index contributed by atoms with van der Waals surface area (Å²) in [5, 5.41) is 11.9. The normalized spacial score (nSPS) is 18.8. The highest BCUT2D eigenvalue weighted by atomic mass is 16.5. The van der Waals surface area contributed by atoms with Crippen LogP contribution in [0.25, 0.3) is 0 Å². The van der Waals surface area contributed by atoms with Crippen molar-refractivity contribution in [2.45, 2.75) is 32.1 Å². The highest BCUT2D eigenvalue weighted by Crippen LogP contribution is 2.31. The minimum absolute atomic E-state index is 0.0722. The summed E-state index contributed by atoms with van der Waals surface area (Å²) in [6.07, 6.45) is 5.57. The minimum Gasteiger partial charge on any atom is -0.477 e. The van der Waals surface area contributed by atoms with E-state index in [1.165, 1.54) is 18.4 Å². The third-order valence-electron chi connectivity index (χ3n) is 3.55. The van der Waals surface area contributed by atoms with Crippen LogP contribution < -0.4 is 10.5 Å². The zero-order valence-corrected chi connectivity index (χ0v) is 10.2. The lowest BCUT2D eigenvalue weighted by Crippen LogP contribution is -2.17. The van der Waals surface area contributed by atoms with E-state index in [9.17, 15) is 0 Å². The monoisotopic (exact) mass is 247 g/mol. The molecule has 0 bridgehead atoms.